The number of halogens is 3. The van der Waals surface area contributed by atoms with E-state index in [2.05, 4.69) is 41.5 Å². The zero-order valence-electron chi connectivity index (χ0n) is 15.9. The lowest BCUT2D eigenvalue weighted by atomic mass is 9.98. The molecule has 6 heteroatoms. The number of thioether (sulfide) groups is 1. The molecule has 2 nitrogen and oxygen atoms in total. The second-order valence-corrected chi connectivity index (χ2v) is 7.77. The van der Waals surface area contributed by atoms with Crippen LogP contribution < -0.4 is 9.64 Å². The standard InChI is InChI=1S/C23H20F3NOS/c1-29-20-6-3-5-18(14-20)27-13-12-21-16(15-27)4-2-7-22(21)28-19-10-8-17(9-11-19)23(24,25)26/h2-11,14H,12-13,15H2,1H3. The second-order valence-electron chi connectivity index (χ2n) is 6.89. The fraction of sp³-hybridized carbons (Fsp3) is 0.217. The van der Waals surface area contributed by atoms with Crippen LogP contribution in [0, 0.1) is 0 Å². The van der Waals surface area contributed by atoms with Crippen LogP contribution in [0.5, 0.6) is 11.5 Å². The van der Waals surface area contributed by atoms with Crippen molar-refractivity contribution in [3.8, 4) is 11.5 Å². The molecule has 0 N–H and O–H groups in total. The van der Waals surface area contributed by atoms with Gasteiger partial charge in [0.25, 0.3) is 0 Å². The average molecular weight is 415 g/mol. The Bertz CT molecular complexity index is 1000. The minimum Gasteiger partial charge on any atom is -0.457 e. The SMILES string of the molecule is CSc1cccc(N2CCc3c(cccc3Oc3ccc(C(F)(F)F)cc3)C2)c1. The van der Waals surface area contributed by atoms with Crippen molar-refractivity contribution in [2.45, 2.75) is 24.0 Å². The van der Waals surface area contributed by atoms with Gasteiger partial charge in [0.05, 0.1) is 5.56 Å². The van der Waals surface area contributed by atoms with Crippen molar-refractivity contribution >= 4 is 17.4 Å². The monoisotopic (exact) mass is 415 g/mol. The first-order valence-electron chi connectivity index (χ1n) is 9.29. The van der Waals surface area contributed by atoms with Crippen molar-refractivity contribution < 1.29 is 17.9 Å². The summed E-state index contributed by atoms with van der Waals surface area (Å²) in [4.78, 5) is 3.57. The summed E-state index contributed by atoms with van der Waals surface area (Å²) in [6, 6.07) is 19.2. The van der Waals surface area contributed by atoms with Gasteiger partial charge < -0.3 is 9.64 Å². The molecule has 1 aliphatic heterocycles. The van der Waals surface area contributed by atoms with Gasteiger partial charge >= 0.3 is 6.18 Å². The summed E-state index contributed by atoms with van der Waals surface area (Å²) >= 11 is 1.72. The molecule has 150 valence electrons. The number of benzene rings is 3. The minimum absolute atomic E-state index is 0.404. The van der Waals surface area contributed by atoms with E-state index in [1.54, 1.807) is 11.8 Å². The van der Waals surface area contributed by atoms with Gasteiger partial charge in [0, 0.05) is 29.2 Å². The molecule has 0 aliphatic carbocycles. The van der Waals surface area contributed by atoms with Crippen LogP contribution in [0.15, 0.2) is 71.6 Å². The third kappa shape index (κ3) is 4.37. The fourth-order valence-electron chi connectivity index (χ4n) is 3.54. The van der Waals surface area contributed by atoms with Crippen molar-refractivity contribution in [2.75, 3.05) is 17.7 Å². The number of anilines is 1. The molecular weight excluding hydrogens is 395 g/mol. The van der Waals surface area contributed by atoms with E-state index in [-0.39, 0.29) is 0 Å². The van der Waals surface area contributed by atoms with Crippen LogP contribution in [0.4, 0.5) is 18.9 Å². The minimum atomic E-state index is -4.35. The van der Waals surface area contributed by atoms with Crippen LogP contribution in [-0.2, 0) is 19.1 Å². The Morgan fingerprint density at radius 2 is 1.72 bits per heavy atom. The zero-order chi connectivity index (χ0) is 20.4. The number of alkyl halides is 3. The van der Waals surface area contributed by atoms with Crippen molar-refractivity contribution in [1.82, 2.24) is 0 Å². The zero-order valence-corrected chi connectivity index (χ0v) is 16.7. The highest BCUT2D eigenvalue weighted by Gasteiger charge is 2.30. The van der Waals surface area contributed by atoms with E-state index in [9.17, 15) is 13.2 Å². The molecule has 29 heavy (non-hydrogen) atoms. The average Bonchev–Trinajstić information content (AvgIpc) is 2.73. The molecule has 3 aromatic rings. The van der Waals surface area contributed by atoms with Crippen molar-refractivity contribution in [1.29, 1.82) is 0 Å². The summed E-state index contributed by atoms with van der Waals surface area (Å²) in [5, 5.41) is 0. The molecule has 0 bridgehead atoms. The lowest BCUT2D eigenvalue weighted by Crippen LogP contribution is -2.30. The highest BCUT2D eigenvalue weighted by atomic mass is 32.2. The van der Waals surface area contributed by atoms with Gasteiger partial charge in [-0.05, 0) is 66.8 Å². The highest BCUT2D eigenvalue weighted by Crippen LogP contribution is 2.35. The number of hydrogen-bond acceptors (Lipinski definition) is 3. The Kier molecular flexibility index (Phi) is 5.46. The summed E-state index contributed by atoms with van der Waals surface area (Å²) in [6.07, 6.45) is -1.47. The summed E-state index contributed by atoms with van der Waals surface area (Å²) in [5.41, 5.74) is 2.81. The molecule has 0 saturated heterocycles. The van der Waals surface area contributed by atoms with Crippen LogP contribution in [0.2, 0.25) is 0 Å². The summed E-state index contributed by atoms with van der Waals surface area (Å²) < 4.78 is 44.2. The van der Waals surface area contributed by atoms with Gasteiger partial charge in [-0.25, -0.2) is 0 Å². The molecule has 0 fully saturated rings. The van der Waals surface area contributed by atoms with Crippen molar-refractivity contribution in [2.24, 2.45) is 0 Å². The summed E-state index contributed by atoms with van der Waals surface area (Å²) in [6.45, 7) is 1.63. The van der Waals surface area contributed by atoms with Crippen molar-refractivity contribution in [3.63, 3.8) is 0 Å². The van der Waals surface area contributed by atoms with E-state index in [1.165, 1.54) is 28.3 Å². The topological polar surface area (TPSA) is 12.5 Å². The Morgan fingerprint density at radius 1 is 0.966 bits per heavy atom. The molecule has 4 rings (SSSR count). The van der Waals surface area contributed by atoms with Gasteiger partial charge in [-0.2, -0.15) is 13.2 Å². The molecule has 0 atom stereocenters. The Hall–Kier alpha value is -2.60. The predicted octanol–water partition coefficient (Wildman–Crippen LogP) is 6.78. The Morgan fingerprint density at radius 3 is 2.45 bits per heavy atom. The van der Waals surface area contributed by atoms with Gasteiger partial charge in [0.2, 0.25) is 0 Å². The van der Waals surface area contributed by atoms with Crippen LogP contribution in [-0.4, -0.2) is 12.8 Å². The first-order chi connectivity index (χ1) is 13.9. The third-order valence-corrected chi connectivity index (χ3v) is 5.78. The third-order valence-electron chi connectivity index (χ3n) is 5.05. The lowest BCUT2D eigenvalue weighted by molar-refractivity contribution is -0.137. The molecule has 0 aromatic heterocycles. The highest BCUT2D eigenvalue weighted by molar-refractivity contribution is 7.98. The van der Waals surface area contributed by atoms with Gasteiger partial charge in [0.1, 0.15) is 11.5 Å². The van der Waals surface area contributed by atoms with Crippen LogP contribution in [0.1, 0.15) is 16.7 Å². The number of ether oxygens (including phenoxy) is 1. The van der Waals surface area contributed by atoms with Gasteiger partial charge in [-0.3, -0.25) is 0 Å². The Balaban J connectivity index is 1.54. The number of rotatable bonds is 4. The maximum atomic E-state index is 12.7. The maximum absolute atomic E-state index is 12.7. The van der Waals surface area contributed by atoms with Gasteiger partial charge in [0.15, 0.2) is 0 Å². The predicted molar refractivity (Wildman–Crippen MR) is 111 cm³/mol. The van der Waals surface area contributed by atoms with E-state index in [4.69, 9.17) is 4.74 Å². The number of nitrogens with zero attached hydrogens (tertiary/aromatic N) is 1. The molecule has 0 saturated carbocycles. The quantitative estimate of drug-likeness (QED) is 0.436. The van der Waals surface area contributed by atoms with Crippen molar-refractivity contribution in [3.05, 3.63) is 83.4 Å². The fourth-order valence-corrected chi connectivity index (χ4v) is 3.99. The largest absolute Gasteiger partial charge is 0.457 e. The smallest absolute Gasteiger partial charge is 0.416 e. The number of hydrogen-bond donors (Lipinski definition) is 0. The first-order valence-corrected chi connectivity index (χ1v) is 10.5. The molecule has 0 radical (unpaired) electrons. The molecule has 1 heterocycles. The number of fused-ring (bicyclic) bond motifs is 1. The van der Waals surface area contributed by atoms with E-state index in [0.29, 0.717) is 11.5 Å². The molecule has 0 spiro atoms. The molecule has 1 aliphatic rings. The molecule has 0 unspecified atom stereocenters. The molecule has 0 amide bonds. The van der Waals surface area contributed by atoms with Crippen LogP contribution in [0.25, 0.3) is 0 Å². The van der Waals surface area contributed by atoms with Gasteiger partial charge in [-0.1, -0.05) is 18.2 Å². The van der Waals surface area contributed by atoms with E-state index < -0.39 is 11.7 Å². The van der Waals surface area contributed by atoms with Gasteiger partial charge in [-0.15, -0.1) is 11.8 Å². The summed E-state index contributed by atoms with van der Waals surface area (Å²) in [7, 11) is 0. The van der Waals surface area contributed by atoms with E-state index in [0.717, 1.165) is 37.2 Å². The molecular formula is C23H20F3NOS. The van der Waals surface area contributed by atoms with E-state index >= 15 is 0 Å². The first kappa shape index (κ1) is 19.7. The lowest BCUT2D eigenvalue weighted by Gasteiger charge is -2.32. The Labute approximate surface area is 172 Å². The van der Waals surface area contributed by atoms with Crippen LogP contribution in [0.3, 0.4) is 0 Å². The molecule has 3 aromatic carbocycles. The summed E-state index contributed by atoms with van der Waals surface area (Å²) in [5.74, 6) is 1.11. The van der Waals surface area contributed by atoms with E-state index in [1.807, 2.05) is 12.1 Å². The van der Waals surface area contributed by atoms with Crippen LogP contribution >= 0.6 is 11.8 Å². The maximum Gasteiger partial charge on any atom is 0.416 e. The second kappa shape index (κ2) is 8.03. The normalized spacial score (nSPS) is 13.9.